The number of ether oxygens (including phenoxy) is 9. The molecular formula is C79H66F18N2O13S2Si2. The Morgan fingerprint density at radius 1 is 0.259 bits per heavy atom. The molecular weight excluding hydrogens is 1650 g/mol. The van der Waals surface area contributed by atoms with Crippen molar-refractivity contribution in [3.8, 4) is 51.7 Å². The summed E-state index contributed by atoms with van der Waals surface area (Å²) in [6.07, 6.45) is -34.9. The van der Waals surface area contributed by atoms with Crippen molar-refractivity contribution in [3.63, 3.8) is 0 Å². The summed E-state index contributed by atoms with van der Waals surface area (Å²) in [5.74, 6) is 3.99. The quantitative estimate of drug-likeness (QED) is 0.0380. The number of anilines is 4. The van der Waals surface area contributed by atoms with Gasteiger partial charge < -0.3 is 52.4 Å². The maximum Gasteiger partial charge on any atom is 0.416 e. The van der Waals surface area contributed by atoms with Gasteiger partial charge in [0, 0.05) is 13.1 Å². The van der Waals surface area contributed by atoms with Crippen LogP contribution in [0.5, 0.6) is 51.7 Å². The Hall–Kier alpha value is -10.9. The van der Waals surface area contributed by atoms with Crippen LogP contribution in [0, 0.1) is 0 Å². The van der Waals surface area contributed by atoms with Gasteiger partial charge in [-0.3, -0.25) is 0 Å². The number of halogens is 18. The Morgan fingerprint density at radius 2 is 0.431 bits per heavy atom. The number of sulfone groups is 2. The normalized spacial score (nSPS) is 14.0. The number of rotatable bonds is 21. The van der Waals surface area contributed by atoms with Crippen molar-refractivity contribution in [3.05, 3.63) is 221 Å². The molecule has 0 aromatic heterocycles. The van der Waals surface area contributed by atoms with Crippen molar-refractivity contribution in [2.45, 2.75) is 68.7 Å². The highest BCUT2D eigenvalue weighted by Gasteiger charge is 2.52. The van der Waals surface area contributed by atoms with Gasteiger partial charge in [0.25, 0.3) is 0 Å². The second-order valence-corrected chi connectivity index (χ2v) is 38.0. The van der Waals surface area contributed by atoms with Crippen LogP contribution in [-0.4, -0.2) is 110 Å². The molecule has 15 nitrogen and oxygen atoms in total. The molecule has 0 amide bonds. The van der Waals surface area contributed by atoms with Crippen LogP contribution in [0.2, 0.25) is 12.1 Å². The van der Waals surface area contributed by atoms with Crippen LogP contribution >= 0.6 is 0 Å². The van der Waals surface area contributed by atoms with E-state index >= 15 is 0 Å². The minimum Gasteiger partial charge on any atom is -0.493 e. The van der Waals surface area contributed by atoms with Crippen LogP contribution in [0.3, 0.4) is 0 Å². The van der Waals surface area contributed by atoms with Gasteiger partial charge in [-0.1, -0.05) is 48.5 Å². The zero-order chi connectivity index (χ0) is 85.0. The Kier molecular flexibility index (Phi) is 23.7. The molecule has 0 unspecified atom stereocenters. The molecule has 0 atom stereocenters. The van der Waals surface area contributed by atoms with Crippen LogP contribution in [0.1, 0.15) is 33.4 Å². The molecule has 0 aliphatic carbocycles. The van der Waals surface area contributed by atoms with Crippen LogP contribution < -0.4 is 83.6 Å². The highest BCUT2D eigenvalue weighted by molar-refractivity contribution is 7.92. The maximum absolute atomic E-state index is 14.5. The number of para-hydroxylation sites is 4. The topological polar surface area (TPSA) is 158 Å². The van der Waals surface area contributed by atoms with E-state index in [-0.39, 0.29) is 57.6 Å². The second kappa shape index (κ2) is 31.9. The summed E-state index contributed by atoms with van der Waals surface area (Å²) in [6.45, 7) is -0.692. The van der Waals surface area contributed by atoms with Crippen LogP contribution in [0.4, 0.5) is 102 Å². The molecule has 616 valence electrons. The summed E-state index contributed by atoms with van der Waals surface area (Å²) in [6, 6.07) is 31.6. The molecule has 37 heteroatoms. The third kappa shape index (κ3) is 16.0. The zero-order valence-electron chi connectivity index (χ0n) is 62.0. The van der Waals surface area contributed by atoms with E-state index < -0.39 is 162 Å². The standard InChI is InChI=1S/C41H45NO11SSi.C38H21F18NO2SSi/c1-45-31-20-26(21-32(46-2)39(31)51-7)55(27-22-33(47-3)40(52-8)34(23-27)48-4,28-24-35(49-5)41(53-9)36(25-28)50-6)19-18-42-29-14-10-12-16-37(29)54(43,44)38-17-13-11-15-30(38)42;39-33(40,41)20-11-21(34(42,43)44)15-26(14-20)61(27-16-22(35(45,46)47)12-23(17-27)36(48,49)50,28-18-24(37(51,52)53)13-25(19-28)38(54,55)56)10-9-57-29-5-1-3-7-31(29)60(58,59)32-8-4-2-6-30(32)57/h10-17,20-25H,18-19H2,1-9H3;1-8,11-19H,9-10H2. The predicted octanol–water partition coefficient (Wildman–Crippen LogP) is 16.5. The molecule has 0 bridgehead atoms. The van der Waals surface area contributed by atoms with Gasteiger partial charge in [0.1, 0.15) is 8.07 Å². The number of hydrogen-bond acceptors (Lipinski definition) is 15. The fourth-order valence-electron chi connectivity index (χ4n) is 14.6. The van der Waals surface area contributed by atoms with E-state index in [1.807, 2.05) is 60.7 Å². The first-order chi connectivity index (χ1) is 54.4. The molecule has 0 radical (unpaired) electrons. The van der Waals surface area contributed by atoms with E-state index in [9.17, 15) is 95.9 Å². The highest BCUT2D eigenvalue weighted by Crippen LogP contribution is 2.50. The monoisotopic (exact) mass is 1710 g/mol. The molecule has 2 aliphatic rings. The molecule has 2 aliphatic heterocycles. The lowest BCUT2D eigenvalue weighted by atomic mass is 10.1. The van der Waals surface area contributed by atoms with Crippen LogP contribution in [0.15, 0.2) is 208 Å². The minimum atomic E-state index is -6.14. The van der Waals surface area contributed by atoms with E-state index in [2.05, 4.69) is 4.90 Å². The van der Waals surface area contributed by atoms with Gasteiger partial charge in [0.2, 0.25) is 36.9 Å². The average molecular weight is 1710 g/mol. The molecule has 0 saturated heterocycles. The van der Waals surface area contributed by atoms with Gasteiger partial charge in [-0.15, -0.1) is 0 Å². The minimum absolute atomic E-state index is 0.176. The Morgan fingerprint density at radius 3 is 0.595 bits per heavy atom. The summed E-state index contributed by atoms with van der Waals surface area (Å²) in [7, 11) is -3.78. The molecule has 12 rings (SSSR count). The molecule has 10 aromatic rings. The van der Waals surface area contributed by atoms with E-state index in [4.69, 9.17) is 42.6 Å². The van der Waals surface area contributed by atoms with Gasteiger partial charge >= 0.3 is 37.1 Å². The number of nitrogens with zero attached hydrogens (tertiary/aromatic N) is 2. The lowest BCUT2D eigenvalue weighted by Crippen LogP contribution is -2.68. The molecule has 116 heavy (non-hydrogen) atoms. The van der Waals surface area contributed by atoms with Gasteiger partial charge in [-0.05, 0) is 183 Å². The Balaban J connectivity index is 0.000000229. The van der Waals surface area contributed by atoms with Crippen molar-refractivity contribution in [2.24, 2.45) is 0 Å². The smallest absolute Gasteiger partial charge is 0.416 e. The first kappa shape index (κ1) is 85.9. The summed E-state index contributed by atoms with van der Waals surface area (Å²) in [5, 5.41) is -1.92. The third-order valence-corrected chi connectivity index (χ3v) is 33.2. The molecule has 0 N–H and O–H groups in total. The first-order valence-corrected chi connectivity index (χ1v) is 41.5. The summed E-state index contributed by atoms with van der Waals surface area (Å²) in [5.41, 5.74) is -13.1. The van der Waals surface area contributed by atoms with Gasteiger partial charge in [0.15, 0.2) is 42.6 Å². The summed E-state index contributed by atoms with van der Waals surface area (Å²) >= 11 is 0. The number of hydrogen-bond donors (Lipinski definition) is 0. The van der Waals surface area contributed by atoms with Crippen LogP contribution in [0.25, 0.3) is 0 Å². The lowest BCUT2D eigenvalue weighted by molar-refractivity contribution is -0.144. The molecule has 10 aromatic carbocycles. The Bertz CT molecular complexity index is 5010. The van der Waals surface area contributed by atoms with E-state index in [0.717, 1.165) is 44.7 Å². The highest BCUT2D eigenvalue weighted by atomic mass is 32.2. The summed E-state index contributed by atoms with van der Waals surface area (Å²) < 4.78 is 369. The number of fused-ring (bicyclic) bond motifs is 4. The van der Waals surface area contributed by atoms with Crippen molar-refractivity contribution in [1.82, 2.24) is 0 Å². The van der Waals surface area contributed by atoms with Crippen molar-refractivity contribution in [1.29, 1.82) is 0 Å². The number of benzene rings is 10. The molecule has 0 fully saturated rings. The largest absolute Gasteiger partial charge is 0.493 e. The predicted molar refractivity (Wildman–Crippen MR) is 397 cm³/mol. The number of methoxy groups -OCH3 is 9. The molecule has 0 spiro atoms. The lowest BCUT2D eigenvalue weighted by Gasteiger charge is -2.39. The van der Waals surface area contributed by atoms with Crippen LogP contribution in [-0.2, 0) is 56.7 Å². The van der Waals surface area contributed by atoms with E-state index in [1.54, 1.807) is 88.3 Å². The SMILES string of the molecule is COc1cc([Si](CCN2c3ccccc3S(=O)(=O)c3ccccc32)(c2cc(OC)c(OC)c(OC)c2)c2cc(OC)c(OC)c(OC)c2)cc(OC)c1OC.O=S1(=O)c2ccccc2N(CC[Si](c2cc(C(F)(F)F)cc(C(F)(F)F)c2)(c2cc(C(F)(F)F)cc(C(F)(F)F)c2)c2cc(C(F)(F)F)cc(C(F)(F)F)c2)c2ccccc21. The number of alkyl halides is 18. The average Bonchev–Trinajstić information content (AvgIpc) is 0.735. The van der Waals surface area contributed by atoms with Gasteiger partial charge in [-0.2, -0.15) is 79.0 Å². The van der Waals surface area contributed by atoms with Crippen molar-refractivity contribution >= 4 is 89.7 Å². The third-order valence-electron chi connectivity index (χ3n) is 19.9. The van der Waals surface area contributed by atoms with Crippen molar-refractivity contribution < 1.29 is 138 Å². The van der Waals surface area contributed by atoms with E-state index in [1.165, 1.54) is 24.3 Å². The molecule has 2 heterocycles. The van der Waals surface area contributed by atoms with E-state index in [0.29, 0.717) is 75.7 Å². The second-order valence-electron chi connectivity index (χ2n) is 26.1. The van der Waals surface area contributed by atoms with Gasteiger partial charge in [0.05, 0.1) is 140 Å². The van der Waals surface area contributed by atoms with Crippen molar-refractivity contribution in [2.75, 3.05) is 86.9 Å². The zero-order valence-corrected chi connectivity index (χ0v) is 65.7. The fraction of sp³-hybridized carbons (Fsp3) is 0.241. The maximum atomic E-state index is 14.5. The Labute approximate surface area is 653 Å². The fourth-order valence-corrected chi connectivity index (χ4v) is 27.5. The van der Waals surface area contributed by atoms with Gasteiger partial charge in [-0.25, -0.2) is 16.8 Å². The molecule has 0 saturated carbocycles. The first-order valence-electron chi connectivity index (χ1n) is 34.1. The summed E-state index contributed by atoms with van der Waals surface area (Å²) in [4.78, 5) is 2.49.